The van der Waals surface area contributed by atoms with E-state index in [1.165, 1.54) is 6.07 Å². The van der Waals surface area contributed by atoms with Gasteiger partial charge in [0.1, 0.15) is 4.99 Å². The summed E-state index contributed by atoms with van der Waals surface area (Å²) in [4.78, 5) is 11.5. The highest BCUT2D eigenvalue weighted by molar-refractivity contribution is 7.89. The van der Waals surface area contributed by atoms with Crippen molar-refractivity contribution in [1.29, 1.82) is 0 Å². The van der Waals surface area contributed by atoms with Gasteiger partial charge < -0.3 is 11.5 Å². The van der Waals surface area contributed by atoms with Gasteiger partial charge in [-0.1, -0.05) is 18.3 Å². The molecule has 6 nitrogen and oxygen atoms in total. The first-order valence-electron chi connectivity index (χ1n) is 6.17. The van der Waals surface area contributed by atoms with Crippen LogP contribution < -0.4 is 16.2 Å². The van der Waals surface area contributed by atoms with Crippen LogP contribution in [0.5, 0.6) is 0 Å². The molecular formula is C13H19N3O3S2. The van der Waals surface area contributed by atoms with Crippen molar-refractivity contribution in [3.8, 4) is 0 Å². The molecule has 8 heteroatoms. The highest BCUT2D eigenvalue weighted by Crippen LogP contribution is 2.19. The average Bonchev–Trinajstić information content (AvgIpc) is 2.36. The van der Waals surface area contributed by atoms with Crippen LogP contribution in [0.15, 0.2) is 23.1 Å². The fourth-order valence-electron chi connectivity index (χ4n) is 1.54. The maximum absolute atomic E-state index is 12.3. The lowest BCUT2D eigenvalue weighted by molar-refractivity contribution is -0.125. The number of aryl methyl sites for hydroxylation is 1. The molecule has 116 valence electrons. The molecule has 0 aliphatic heterocycles. The SMILES string of the molecule is Cc1cc(C(N)=S)ccc1S(=O)(=O)NCC(C)(C)C(N)=O. The predicted octanol–water partition coefficient (Wildman–Crippen LogP) is 0.419. The van der Waals surface area contributed by atoms with Crippen molar-refractivity contribution in [3.63, 3.8) is 0 Å². The van der Waals surface area contributed by atoms with E-state index in [1.807, 2.05) is 0 Å². The summed E-state index contributed by atoms with van der Waals surface area (Å²) < 4.78 is 26.9. The lowest BCUT2D eigenvalue weighted by Gasteiger charge is -2.21. The van der Waals surface area contributed by atoms with Crippen molar-refractivity contribution in [2.75, 3.05) is 6.54 Å². The third kappa shape index (κ3) is 4.23. The van der Waals surface area contributed by atoms with Crippen LogP contribution in [0.1, 0.15) is 25.0 Å². The fraction of sp³-hybridized carbons (Fsp3) is 0.385. The molecule has 1 aromatic carbocycles. The third-order valence-corrected chi connectivity index (χ3v) is 4.92. The lowest BCUT2D eigenvalue weighted by Crippen LogP contribution is -2.42. The van der Waals surface area contributed by atoms with E-state index in [9.17, 15) is 13.2 Å². The Balaban J connectivity index is 3.04. The van der Waals surface area contributed by atoms with Crippen LogP contribution in [0, 0.1) is 12.3 Å². The largest absolute Gasteiger partial charge is 0.389 e. The Morgan fingerprint density at radius 1 is 1.33 bits per heavy atom. The van der Waals surface area contributed by atoms with Crippen LogP contribution in [0.3, 0.4) is 0 Å². The third-order valence-electron chi connectivity index (χ3n) is 3.12. The number of carbonyl (C=O) groups excluding carboxylic acids is 1. The van der Waals surface area contributed by atoms with E-state index in [-0.39, 0.29) is 16.4 Å². The minimum absolute atomic E-state index is 0.0822. The van der Waals surface area contributed by atoms with Crippen LogP contribution in [0.4, 0.5) is 0 Å². The second-order valence-electron chi connectivity index (χ2n) is 5.42. The van der Waals surface area contributed by atoms with Gasteiger partial charge in [-0.3, -0.25) is 4.79 Å². The summed E-state index contributed by atoms with van der Waals surface area (Å²) in [7, 11) is -3.74. The maximum Gasteiger partial charge on any atom is 0.240 e. The normalized spacial score (nSPS) is 12.1. The molecule has 0 saturated heterocycles. The van der Waals surface area contributed by atoms with E-state index in [1.54, 1.807) is 32.9 Å². The number of hydrogen-bond donors (Lipinski definition) is 3. The molecule has 0 aromatic heterocycles. The molecule has 0 heterocycles. The molecule has 1 amide bonds. The number of primary amides is 1. The van der Waals surface area contributed by atoms with Gasteiger partial charge in [-0.25, -0.2) is 13.1 Å². The lowest BCUT2D eigenvalue weighted by atomic mass is 9.93. The van der Waals surface area contributed by atoms with Crippen LogP contribution in [0.2, 0.25) is 0 Å². The van der Waals surface area contributed by atoms with Gasteiger partial charge in [-0.05, 0) is 38.5 Å². The van der Waals surface area contributed by atoms with E-state index in [0.717, 1.165) is 0 Å². The first kappa shape index (κ1) is 17.5. The monoisotopic (exact) mass is 329 g/mol. The van der Waals surface area contributed by atoms with Gasteiger partial charge in [0.15, 0.2) is 0 Å². The van der Waals surface area contributed by atoms with Crippen LogP contribution >= 0.6 is 12.2 Å². The quantitative estimate of drug-likeness (QED) is 0.654. The van der Waals surface area contributed by atoms with E-state index in [2.05, 4.69) is 4.72 Å². The molecule has 0 spiro atoms. The molecule has 0 unspecified atom stereocenters. The number of thiocarbonyl (C=S) groups is 1. The minimum Gasteiger partial charge on any atom is -0.389 e. The van der Waals surface area contributed by atoms with Crippen molar-refractivity contribution in [3.05, 3.63) is 29.3 Å². The Hall–Kier alpha value is -1.51. The highest BCUT2D eigenvalue weighted by atomic mass is 32.2. The zero-order valence-electron chi connectivity index (χ0n) is 12.1. The average molecular weight is 329 g/mol. The van der Waals surface area contributed by atoms with Gasteiger partial charge in [-0.15, -0.1) is 0 Å². The van der Waals surface area contributed by atoms with Crippen molar-refractivity contribution in [2.24, 2.45) is 16.9 Å². The van der Waals surface area contributed by atoms with Crippen LogP contribution in [0.25, 0.3) is 0 Å². The number of amides is 1. The molecule has 0 aliphatic rings. The number of sulfonamides is 1. The number of benzene rings is 1. The van der Waals surface area contributed by atoms with Gasteiger partial charge in [0, 0.05) is 12.1 Å². The van der Waals surface area contributed by atoms with Crippen molar-refractivity contribution >= 4 is 33.1 Å². The Bertz CT molecular complexity index is 682. The van der Waals surface area contributed by atoms with E-state index < -0.39 is 21.3 Å². The van der Waals surface area contributed by atoms with Gasteiger partial charge in [-0.2, -0.15) is 0 Å². The zero-order valence-corrected chi connectivity index (χ0v) is 13.8. The molecular weight excluding hydrogens is 310 g/mol. The summed E-state index contributed by atoms with van der Waals surface area (Å²) in [5.74, 6) is -0.578. The zero-order chi connectivity index (χ0) is 16.4. The van der Waals surface area contributed by atoms with Crippen molar-refractivity contribution in [2.45, 2.75) is 25.7 Å². The first-order valence-corrected chi connectivity index (χ1v) is 8.06. The van der Waals surface area contributed by atoms with Gasteiger partial charge in [0.2, 0.25) is 15.9 Å². The van der Waals surface area contributed by atoms with Gasteiger partial charge >= 0.3 is 0 Å². The fourth-order valence-corrected chi connectivity index (χ4v) is 3.11. The molecule has 5 N–H and O–H groups in total. The first-order chi connectivity index (χ1) is 9.47. The number of rotatable bonds is 6. The predicted molar refractivity (Wildman–Crippen MR) is 85.2 cm³/mol. The van der Waals surface area contributed by atoms with E-state index >= 15 is 0 Å². The maximum atomic E-state index is 12.3. The molecule has 0 fully saturated rings. The minimum atomic E-state index is -3.74. The Morgan fingerprint density at radius 2 is 1.90 bits per heavy atom. The summed E-state index contributed by atoms with van der Waals surface area (Å²) in [6.45, 7) is 4.71. The summed E-state index contributed by atoms with van der Waals surface area (Å²) in [6.07, 6.45) is 0. The van der Waals surface area contributed by atoms with Crippen molar-refractivity contribution in [1.82, 2.24) is 4.72 Å². The number of nitrogens with two attached hydrogens (primary N) is 2. The molecule has 1 rings (SSSR count). The van der Waals surface area contributed by atoms with E-state index in [0.29, 0.717) is 11.1 Å². The summed E-state index contributed by atoms with van der Waals surface area (Å²) >= 11 is 4.85. The summed E-state index contributed by atoms with van der Waals surface area (Å²) in [5.41, 5.74) is 10.9. The Morgan fingerprint density at radius 3 is 2.33 bits per heavy atom. The second-order valence-corrected chi connectivity index (χ2v) is 7.59. The topological polar surface area (TPSA) is 115 Å². The smallest absolute Gasteiger partial charge is 0.240 e. The molecule has 0 saturated carbocycles. The molecule has 1 aromatic rings. The van der Waals surface area contributed by atoms with E-state index in [4.69, 9.17) is 23.7 Å². The molecule has 0 radical (unpaired) electrons. The Labute approximate surface area is 129 Å². The van der Waals surface area contributed by atoms with Crippen LogP contribution in [-0.2, 0) is 14.8 Å². The van der Waals surface area contributed by atoms with Gasteiger partial charge in [0.05, 0.1) is 10.3 Å². The second kappa shape index (κ2) is 6.08. The number of hydrogen-bond acceptors (Lipinski definition) is 4. The molecule has 0 aliphatic carbocycles. The molecule has 0 bridgehead atoms. The Kier molecular flexibility index (Phi) is 5.08. The number of nitrogens with one attached hydrogen (secondary N) is 1. The van der Waals surface area contributed by atoms with Gasteiger partial charge in [0.25, 0.3) is 0 Å². The highest BCUT2D eigenvalue weighted by Gasteiger charge is 2.28. The summed E-state index contributed by atoms with van der Waals surface area (Å²) in [5, 5.41) is 0. The molecule has 0 atom stereocenters. The standard InChI is InChI=1S/C13H19N3O3S2/c1-8-6-9(11(14)20)4-5-10(8)21(18,19)16-7-13(2,3)12(15)17/h4-6,16H,7H2,1-3H3,(H2,14,20)(H2,15,17). The summed E-state index contributed by atoms with van der Waals surface area (Å²) in [6, 6.07) is 4.59. The number of carbonyl (C=O) groups is 1. The van der Waals surface area contributed by atoms with Crippen molar-refractivity contribution < 1.29 is 13.2 Å². The van der Waals surface area contributed by atoms with Crippen LogP contribution in [-0.4, -0.2) is 25.9 Å². The molecule has 21 heavy (non-hydrogen) atoms.